The van der Waals surface area contributed by atoms with E-state index in [4.69, 9.17) is 6.42 Å². The number of anilines is 1. The molecule has 118 valence electrons. The van der Waals surface area contributed by atoms with E-state index in [2.05, 4.69) is 21.3 Å². The first kappa shape index (κ1) is 15.9. The molecule has 5 nitrogen and oxygen atoms in total. The van der Waals surface area contributed by atoms with Gasteiger partial charge in [-0.15, -0.1) is 6.42 Å². The van der Waals surface area contributed by atoms with E-state index in [1.165, 1.54) is 6.07 Å². The molecular formula is C15H17F2N3O2. The van der Waals surface area contributed by atoms with E-state index in [0.717, 1.165) is 0 Å². The molecule has 22 heavy (non-hydrogen) atoms. The highest BCUT2D eigenvalue weighted by molar-refractivity contribution is 5.74. The number of nitrogens with zero attached hydrogens (tertiary/aromatic N) is 1. The number of nitrogens with one attached hydrogen (secondary N) is 2. The van der Waals surface area contributed by atoms with Crippen LogP contribution in [-0.2, 0) is 0 Å². The Morgan fingerprint density at radius 1 is 1.50 bits per heavy atom. The van der Waals surface area contributed by atoms with Gasteiger partial charge in [-0.2, -0.15) is 8.78 Å². The fourth-order valence-electron chi connectivity index (χ4n) is 2.38. The predicted octanol–water partition coefficient (Wildman–Crippen LogP) is 1.80. The summed E-state index contributed by atoms with van der Waals surface area (Å²) >= 11 is 0. The number of benzene rings is 1. The van der Waals surface area contributed by atoms with Crippen molar-refractivity contribution in [2.75, 3.05) is 24.5 Å². The number of urea groups is 1. The fourth-order valence-corrected chi connectivity index (χ4v) is 2.38. The SMILES string of the molecule is C#CCNC(=O)N[C@H]1CCN(c2ccccc2OC(F)F)C1. The average molecular weight is 309 g/mol. The van der Waals surface area contributed by atoms with Crippen LogP contribution < -0.4 is 20.3 Å². The van der Waals surface area contributed by atoms with Gasteiger partial charge in [-0.1, -0.05) is 18.1 Å². The van der Waals surface area contributed by atoms with E-state index < -0.39 is 6.61 Å². The van der Waals surface area contributed by atoms with E-state index in [0.29, 0.717) is 25.2 Å². The normalized spacial score (nSPS) is 17.2. The van der Waals surface area contributed by atoms with Crippen LogP contribution in [0.1, 0.15) is 6.42 Å². The van der Waals surface area contributed by atoms with Crippen LogP contribution in [0.3, 0.4) is 0 Å². The number of alkyl halides is 2. The molecule has 0 aromatic heterocycles. The number of carbonyl (C=O) groups is 1. The molecule has 2 amide bonds. The fraction of sp³-hybridized carbons (Fsp3) is 0.400. The van der Waals surface area contributed by atoms with Gasteiger partial charge in [-0.3, -0.25) is 0 Å². The molecule has 2 rings (SSSR count). The van der Waals surface area contributed by atoms with Gasteiger partial charge >= 0.3 is 12.6 Å². The van der Waals surface area contributed by atoms with Gasteiger partial charge in [0.25, 0.3) is 0 Å². The monoisotopic (exact) mass is 309 g/mol. The number of rotatable bonds is 5. The summed E-state index contributed by atoms with van der Waals surface area (Å²) in [5, 5.41) is 5.32. The summed E-state index contributed by atoms with van der Waals surface area (Å²) in [6, 6.07) is 6.22. The van der Waals surface area contributed by atoms with Gasteiger partial charge < -0.3 is 20.3 Å². The summed E-state index contributed by atoms with van der Waals surface area (Å²) in [6.07, 6.45) is 5.78. The Hall–Kier alpha value is -2.49. The molecule has 0 unspecified atom stereocenters. The van der Waals surface area contributed by atoms with Gasteiger partial charge in [0.05, 0.1) is 12.2 Å². The van der Waals surface area contributed by atoms with Crippen LogP contribution in [0.15, 0.2) is 24.3 Å². The van der Waals surface area contributed by atoms with Crippen LogP contribution in [0.25, 0.3) is 0 Å². The number of terminal acetylenes is 1. The lowest BCUT2D eigenvalue weighted by Gasteiger charge is -2.22. The topological polar surface area (TPSA) is 53.6 Å². The van der Waals surface area contributed by atoms with Gasteiger partial charge in [0.2, 0.25) is 0 Å². The van der Waals surface area contributed by atoms with Crippen molar-refractivity contribution in [3.63, 3.8) is 0 Å². The molecule has 0 aliphatic carbocycles. The molecule has 1 aromatic carbocycles. The predicted molar refractivity (Wildman–Crippen MR) is 79.1 cm³/mol. The molecule has 1 heterocycles. The number of ether oxygens (including phenoxy) is 1. The summed E-state index contributed by atoms with van der Waals surface area (Å²) in [5.74, 6) is 2.45. The zero-order valence-electron chi connectivity index (χ0n) is 11.9. The third-order valence-electron chi connectivity index (χ3n) is 3.30. The lowest BCUT2D eigenvalue weighted by Crippen LogP contribution is -2.43. The number of halogens is 2. The maximum absolute atomic E-state index is 12.4. The zero-order chi connectivity index (χ0) is 15.9. The standard InChI is InChI=1S/C15H17F2N3O2/c1-2-8-18-15(21)19-11-7-9-20(10-11)12-5-3-4-6-13(12)22-14(16)17/h1,3-6,11,14H,7-10H2,(H2,18,19,21)/t11-/m0/s1. The van der Waals surface area contributed by atoms with Crippen LogP contribution in [-0.4, -0.2) is 38.3 Å². The molecule has 1 aromatic rings. The molecule has 2 N–H and O–H groups in total. The van der Waals surface area contributed by atoms with E-state index in [9.17, 15) is 13.6 Å². The van der Waals surface area contributed by atoms with Crippen LogP contribution >= 0.6 is 0 Å². The van der Waals surface area contributed by atoms with Crippen molar-refractivity contribution in [3.8, 4) is 18.1 Å². The Kier molecular flexibility index (Phi) is 5.42. The smallest absolute Gasteiger partial charge is 0.387 e. The average Bonchev–Trinajstić information content (AvgIpc) is 2.93. The van der Waals surface area contributed by atoms with Crippen molar-refractivity contribution >= 4 is 11.7 Å². The van der Waals surface area contributed by atoms with Crippen LogP contribution in [0.4, 0.5) is 19.3 Å². The number of carbonyl (C=O) groups excluding carboxylic acids is 1. The van der Waals surface area contributed by atoms with Crippen molar-refractivity contribution in [2.45, 2.75) is 19.1 Å². The van der Waals surface area contributed by atoms with Gasteiger partial charge in [0.1, 0.15) is 5.75 Å². The Bertz CT molecular complexity index is 560. The molecule has 1 atom stereocenters. The molecule has 1 aliphatic rings. The second kappa shape index (κ2) is 7.50. The highest BCUT2D eigenvalue weighted by Crippen LogP contribution is 2.31. The van der Waals surface area contributed by atoms with Gasteiger partial charge in [-0.25, -0.2) is 4.79 Å². The van der Waals surface area contributed by atoms with Crippen LogP contribution in [0.2, 0.25) is 0 Å². The van der Waals surface area contributed by atoms with Crippen molar-refractivity contribution in [3.05, 3.63) is 24.3 Å². The molecule has 0 saturated carbocycles. The van der Waals surface area contributed by atoms with Crippen LogP contribution in [0, 0.1) is 12.3 Å². The summed E-state index contributed by atoms with van der Waals surface area (Å²) in [6.45, 7) is -1.54. The quantitative estimate of drug-likeness (QED) is 0.816. The highest BCUT2D eigenvalue weighted by atomic mass is 19.3. The minimum atomic E-state index is -2.87. The Labute approximate surface area is 127 Å². The van der Waals surface area contributed by atoms with Crippen molar-refractivity contribution in [1.82, 2.24) is 10.6 Å². The number of amides is 2. The molecule has 0 spiro atoms. The van der Waals surface area contributed by atoms with E-state index in [1.54, 1.807) is 18.2 Å². The van der Waals surface area contributed by atoms with E-state index in [1.807, 2.05) is 4.90 Å². The second-order valence-corrected chi connectivity index (χ2v) is 4.81. The third-order valence-corrected chi connectivity index (χ3v) is 3.30. The molecule has 7 heteroatoms. The van der Waals surface area contributed by atoms with Gasteiger partial charge in [0, 0.05) is 19.1 Å². The maximum Gasteiger partial charge on any atom is 0.387 e. The Morgan fingerprint density at radius 3 is 3.00 bits per heavy atom. The number of para-hydroxylation sites is 2. The number of hydrogen-bond acceptors (Lipinski definition) is 3. The second-order valence-electron chi connectivity index (χ2n) is 4.81. The van der Waals surface area contributed by atoms with Crippen LogP contribution in [0.5, 0.6) is 5.75 Å². The molecule has 1 aliphatic heterocycles. The summed E-state index contributed by atoms with van der Waals surface area (Å²) in [7, 11) is 0. The van der Waals surface area contributed by atoms with Gasteiger partial charge in [-0.05, 0) is 18.6 Å². The first-order chi connectivity index (χ1) is 10.6. The Morgan fingerprint density at radius 2 is 2.27 bits per heavy atom. The molecular weight excluding hydrogens is 292 g/mol. The summed E-state index contributed by atoms with van der Waals surface area (Å²) in [4.78, 5) is 13.5. The first-order valence-corrected chi connectivity index (χ1v) is 6.86. The van der Waals surface area contributed by atoms with E-state index >= 15 is 0 Å². The largest absolute Gasteiger partial charge is 0.433 e. The van der Waals surface area contributed by atoms with Gasteiger partial charge in [0.15, 0.2) is 0 Å². The number of hydrogen-bond donors (Lipinski definition) is 2. The molecule has 0 bridgehead atoms. The summed E-state index contributed by atoms with van der Waals surface area (Å²) < 4.78 is 29.4. The maximum atomic E-state index is 12.4. The summed E-state index contributed by atoms with van der Waals surface area (Å²) in [5.41, 5.74) is 0.594. The minimum absolute atomic E-state index is 0.0719. The Balaban J connectivity index is 1.96. The zero-order valence-corrected chi connectivity index (χ0v) is 11.9. The molecule has 1 fully saturated rings. The first-order valence-electron chi connectivity index (χ1n) is 6.86. The lowest BCUT2D eigenvalue weighted by atomic mass is 10.2. The molecule has 0 radical (unpaired) electrons. The lowest BCUT2D eigenvalue weighted by molar-refractivity contribution is -0.0495. The minimum Gasteiger partial charge on any atom is -0.433 e. The van der Waals surface area contributed by atoms with Crippen molar-refractivity contribution in [2.24, 2.45) is 0 Å². The highest BCUT2D eigenvalue weighted by Gasteiger charge is 2.26. The third kappa shape index (κ3) is 4.25. The van der Waals surface area contributed by atoms with Crippen molar-refractivity contribution < 1.29 is 18.3 Å². The van der Waals surface area contributed by atoms with E-state index in [-0.39, 0.29) is 24.4 Å². The van der Waals surface area contributed by atoms with Crippen molar-refractivity contribution in [1.29, 1.82) is 0 Å². The molecule has 1 saturated heterocycles.